The first-order chi connectivity index (χ1) is 16.6. The Bertz CT molecular complexity index is 1930. The van der Waals surface area contributed by atoms with Crippen LogP contribution in [0.5, 0.6) is 11.5 Å². The Kier molecular flexibility index (Phi) is 5.98. The van der Waals surface area contributed by atoms with E-state index < -0.39 is 62.2 Å². The summed E-state index contributed by atoms with van der Waals surface area (Å²) in [5, 5.41) is 28.3. The maximum Gasteiger partial charge on any atom is 0.298 e. The first-order valence-corrected chi connectivity index (χ1v) is 13.8. The van der Waals surface area contributed by atoms with Gasteiger partial charge in [-0.05, 0) is 23.6 Å². The molecule has 4 rings (SSSR count). The van der Waals surface area contributed by atoms with Crippen LogP contribution in [0.2, 0.25) is 0 Å². The monoisotopic (exact) mass is 554 g/mol. The van der Waals surface area contributed by atoms with Gasteiger partial charge in [0.05, 0.1) is 4.90 Å². The zero-order chi connectivity index (χ0) is 26.6. The van der Waals surface area contributed by atoms with E-state index in [1.54, 1.807) is 0 Å². The van der Waals surface area contributed by atoms with Gasteiger partial charge in [-0.2, -0.15) is 25.3 Å². The molecule has 13 nitrogen and oxygen atoms in total. The highest BCUT2D eigenvalue weighted by atomic mass is 32.2. The summed E-state index contributed by atoms with van der Waals surface area (Å²) >= 11 is 0. The molecule has 0 aliphatic heterocycles. The van der Waals surface area contributed by atoms with Crippen molar-refractivity contribution in [3.8, 4) is 11.5 Å². The Morgan fingerprint density at radius 1 is 0.583 bits per heavy atom. The van der Waals surface area contributed by atoms with Crippen molar-refractivity contribution in [2.24, 2.45) is 10.2 Å². The minimum absolute atomic E-state index is 0.0114. The highest BCUT2D eigenvalue weighted by Gasteiger charge is 2.24. The molecule has 0 fully saturated rings. The van der Waals surface area contributed by atoms with Gasteiger partial charge in [-0.25, -0.2) is 0 Å². The molecule has 0 aromatic heterocycles. The summed E-state index contributed by atoms with van der Waals surface area (Å²) in [5.41, 5.74) is -0.887. The van der Waals surface area contributed by atoms with Crippen LogP contribution in [0, 0.1) is 0 Å². The SMILES string of the molecule is O=S(=O)(O)c1ccc2c(N=Nc3c(O)cc(S(=O)(=O)O)c4ccccc34)c(O)c(S(=O)(=O)O)cc2c1. The average Bonchev–Trinajstić information content (AvgIpc) is 2.76. The molecule has 0 amide bonds. The van der Waals surface area contributed by atoms with Crippen LogP contribution in [0.25, 0.3) is 21.5 Å². The predicted molar refractivity (Wildman–Crippen MR) is 125 cm³/mol. The lowest BCUT2D eigenvalue weighted by Crippen LogP contribution is -2.00. The molecule has 0 aliphatic carbocycles. The Balaban J connectivity index is 2.04. The van der Waals surface area contributed by atoms with Crippen molar-refractivity contribution >= 4 is 63.3 Å². The van der Waals surface area contributed by atoms with E-state index in [0.29, 0.717) is 0 Å². The van der Waals surface area contributed by atoms with Gasteiger partial charge in [-0.15, -0.1) is 10.2 Å². The summed E-state index contributed by atoms with van der Waals surface area (Å²) in [6.07, 6.45) is 0. The van der Waals surface area contributed by atoms with E-state index in [9.17, 15) is 49.1 Å². The summed E-state index contributed by atoms with van der Waals surface area (Å²) in [7, 11) is -14.5. The standard InChI is InChI=1S/C20H14N2O11S3/c23-15-9-16(35(28,29)30)13-3-1-2-4-14(13)18(15)21-22-19-12-6-5-11(34(25,26)27)7-10(12)8-17(20(19)24)36(31,32)33/h1-9,23-24H,(H,25,26,27)(H,28,29,30)(H,31,32,33). The summed E-state index contributed by atoms with van der Waals surface area (Å²) in [5.74, 6) is -1.81. The fraction of sp³-hybridized carbons (Fsp3) is 0. The van der Waals surface area contributed by atoms with Gasteiger partial charge >= 0.3 is 0 Å². The maximum absolute atomic E-state index is 11.8. The molecular formula is C20H14N2O11S3. The molecule has 0 bridgehead atoms. The second-order valence-electron chi connectivity index (χ2n) is 7.37. The number of hydrogen-bond donors (Lipinski definition) is 5. The molecule has 0 aliphatic rings. The van der Waals surface area contributed by atoms with Crippen LogP contribution in [0.4, 0.5) is 11.4 Å². The third-order valence-electron chi connectivity index (χ3n) is 5.08. The van der Waals surface area contributed by atoms with E-state index in [1.807, 2.05) is 0 Å². The quantitative estimate of drug-likeness (QED) is 0.177. The Labute approximate surface area is 203 Å². The lowest BCUT2D eigenvalue weighted by molar-refractivity contribution is 0.444. The zero-order valence-corrected chi connectivity index (χ0v) is 20.0. The number of phenolic OH excluding ortho intramolecular Hbond substituents is 2. The molecular weight excluding hydrogens is 540 g/mol. The number of nitrogens with zero attached hydrogens (tertiary/aromatic N) is 2. The molecule has 5 N–H and O–H groups in total. The molecule has 0 spiro atoms. The number of benzene rings is 4. The minimum atomic E-state index is -5.05. The molecule has 188 valence electrons. The first kappa shape index (κ1) is 25.4. The minimum Gasteiger partial charge on any atom is -0.506 e. The summed E-state index contributed by atoms with van der Waals surface area (Å²) < 4.78 is 98.3. The molecule has 0 saturated carbocycles. The van der Waals surface area contributed by atoms with E-state index in [2.05, 4.69) is 10.2 Å². The van der Waals surface area contributed by atoms with Crippen molar-refractivity contribution < 1.29 is 49.1 Å². The van der Waals surface area contributed by atoms with Gasteiger partial charge in [-0.1, -0.05) is 30.3 Å². The number of azo groups is 1. The largest absolute Gasteiger partial charge is 0.506 e. The number of phenols is 2. The van der Waals surface area contributed by atoms with Gasteiger partial charge in [0.25, 0.3) is 30.4 Å². The van der Waals surface area contributed by atoms with Gasteiger partial charge in [0, 0.05) is 22.2 Å². The number of aromatic hydroxyl groups is 2. The topological polar surface area (TPSA) is 228 Å². The summed E-state index contributed by atoms with van der Waals surface area (Å²) in [6.45, 7) is 0. The molecule has 16 heteroatoms. The second-order valence-corrected chi connectivity index (χ2v) is 11.6. The van der Waals surface area contributed by atoms with Gasteiger partial charge in [0.1, 0.15) is 26.9 Å². The summed E-state index contributed by atoms with van der Waals surface area (Å²) in [4.78, 5) is -2.28. The molecule has 0 atom stereocenters. The highest BCUT2D eigenvalue weighted by molar-refractivity contribution is 7.86. The van der Waals surface area contributed by atoms with Gasteiger partial charge in [-0.3, -0.25) is 13.7 Å². The number of rotatable bonds is 5. The molecule has 0 radical (unpaired) electrons. The van der Waals surface area contributed by atoms with Crippen LogP contribution >= 0.6 is 0 Å². The lowest BCUT2D eigenvalue weighted by Gasteiger charge is -2.11. The van der Waals surface area contributed by atoms with Gasteiger partial charge in [0.2, 0.25) is 0 Å². The third kappa shape index (κ3) is 4.60. The smallest absolute Gasteiger partial charge is 0.298 e. The fourth-order valence-corrected chi connectivity index (χ4v) is 5.37. The fourth-order valence-electron chi connectivity index (χ4n) is 3.52. The second kappa shape index (κ2) is 8.47. The van der Waals surface area contributed by atoms with E-state index in [1.165, 1.54) is 24.3 Å². The van der Waals surface area contributed by atoms with Crippen molar-refractivity contribution in [1.82, 2.24) is 0 Å². The Morgan fingerprint density at radius 2 is 1.17 bits per heavy atom. The average molecular weight is 555 g/mol. The molecule has 36 heavy (non-hydrogen) atoms. The van der Waals surface area contributed by atoms with Crippen LogP contribution in [-0.4, -0.2) is 49.1 Å². The van der Waals surface area contributed by atoms with Crippen LogP contribution in [0.15, 0.2) is 79.5 Å². The maximum atomic E-state index is 11.8. The molecule has 4 aromatic rings. The first-order valence-electron chi connectivity index (χ1n) is 9.47. The van der Waals surface area contributed by atoms with E-state index in [-0.39, 0.29) is 27.2 Å². The number of hydrogen-bond acceptors (Lipinski definition) is 10. The molecule has 0 unspecified atom stereocenters. The third-order valence-corrected chi connectivity index (χ3v) is 7.69. The zero-order valence-electron chi connectivity index (χ0n) is 17.5. The van der Waals surface area contributed by atoms with E-state index in [4.69, 9.17) is 0 Å². The van der Waals surface area contributed by atoms with Crippen LogP contribution in [-0.2, 0) is 30.4 Å². The van der Waals surface area contributed by atoms with E-state index >= 15 is 0 Å². The van der Waals surface area contributed by atoms with Crippen molar-refractivity contribution in [3.63, 3.8) is 0 Å². The van der Waals surface area contributed by atoms with Crippen molar-refractivity contribution in [2.45, 2.75) is 14.7 Å². The van der Waals surface area contributed by atoms with Crippen LogP contribution < -0.4 is 0 Å². The number of fused-ring (bicyclic) bond motifs is 2. The van der Waals surface area contributed by atoms with Crippen molar-refractivity contribution in [2.75, 3.05) is 0 Å². The van der Waals surface area contributed by atoms with Crippen molar-refractivity contribution in [3.05, 3.63) is 54.6 Å². The van der Waals surface area contributed by atoms with Crippen LogP contribution in [0.3, 0.4) is 0 Å². The Hall–Kier alpha value is -3.67. The normalized spacial score (nSPS) is 13.1. The van der Waals surface area contributed by atoms with Gasteiger partial charge < -0.3 is 10.2 Å². The molecule has 0 saturated heterocycles. The molecule has 0 heterocycles. The van der Waals surface area contributed by atoms with Crippen molar-refractivity contribution in [1.29, 1.82) is 0 Å². The highest BCUT2D eigenvalue weighted by Crippen LogP contribution is 2.44. The predicted octanol–water partition coefficient (Wildman–Crippen LogP) is 3.56. The lowest BCUT2D eigenvalue weighted by atomic mass is 10.1. The Morgan fingerprint density at radius 3 is 1.75 bits per heavy atom. The summed E-state index contributed by atoms with van der Waals surface area (Å²) in [6, 6.07) is 9.96. The molecule has 4 aromatic carbocycles. The van der Waals surface area contributed by atoms with Gasteiger partial charge in [0.15, 0.2) is 5.75 Å². The van der Waals surface area contributed by atoms with Crippen LogP contribution in [0.1, 0.15) is 0 Å². The van der Waals surface area contributed by atoms with E-state index in [0.717, 1.165) is 30.3 Å².